The molecule has 2 rings (SSSR count). The highest BCUT2D eigenvalue weighted by molar-refractivity contribution is 9.10. The molecule has 20 heavy (non-hydrogen) atoms. The molecule has 0 saturated heterocycles. The summed E-state index contributed by atoms with van der Waals surface area (Å²) in [6.07, 6.45) is 0. The van der Waals surface area contributed by atoms with E-state index in [1.807, 2.05) is 12.1 Å². The second-order valence-electron chi connectivity index (χ2n) is 3.97. The smallest absolute Gasteiger partial charge is 0.248 e. The minimum absolute atomic E-state index is 0.237. The SMILES string of the molecule is NC(=O)c1ccc(Oc2cccc(Br)c2C(N)=S)cc1. The van der Waals surface area contributed by atoms with Crippen molar-refractivity contribution in [1.82, 2.24) is 0 Å². The van der Waals surface area contributed by atoms with Gasteiger partial charge in [0.2, 0.25) is 5.91 Å². The lowest BCUT2D eigenvalue weighted by atomic mass is 10.2. The van der Waals surface area contributed by atoms with E-state index in [1.54, 1.807) is 30.3 Å². The predicted octanol–water partition coefficient (Wildman–Crippen LogP) is 2.97. The van der Waals surface area contributed by atoms with E-state index < -0.39 is 5.91 Å². The fraction of sp³-hybridized carbons (Fsp3) is 0. The molecule has 1 amide bonds. The zero-order valence-electron chi connectivity index (χ0n) is 10.3. The van der Waals surface area contributed by atoms with Gasteiger partial charge in [-0.1, -0.05) is 18.3 Å². The highest BCUT2D eigenvalue weighted by Crippen LogP contribution is 2.30. The van der Waals surface area contributed by atoms with Crippen LogP contribution in [0.15, 0.2) is 46.9 Å². The predicted molar refractivity (Wildman–Crippen MR) is 85.1 cm³/mol. The van der Waals surface area contributed by atoms with E-state index in [-0.39, 0.29) is 4.99 Å². The summed E-state index contributed by atoms with van der Waals surface area (Å²) in [5.41, 5.74) is 11.9. The Labute approximate surface area is 129 Å². The molecule has 4 nitrogen and oxygen atoms in total. The number of halogens is 1. The number of rotatable bonds is 4. The Kier molecular flexibility index (Phi) is 4.36. The molecular formula is C14H11BrN2O2S. The summed E-state index contributed by atoms with van der Waals surface area (Å²) in [5.74, 6) is 0.618. The number of amides is 1. The third kappa shape index (κ3) is 3.15. The Morgan fingerprint density at radius 2 is 1.75 bits per heavy atom. The van der Waals surface area contributed by atoms with Crippen molar-refractivity contribution in [3.63, 3.8) is 0 Å². The van der Waals surface area contributed by atoms with Crippen LogP contribution in [0.5, 0.6) is 11.5 Å². The molecule has 102 valence electrons. The maximum absolute atomic E-state index is 11.0. The third-order valence-electron chi connectivity index (χ3n) is 2.59. The van der Waals surface area contributed by atoms with Gasteiger partial charge in [0.05, 0.1) is 5.56 Å². The Morgan fingerprint density at radius 3 is 2.30 bits per heavy atom. The number of thiocarbonyl (C=S) groups is 1. The highest BCUT2D eigenvalue weighted by Gasteiger charge is 2.11. The lowest BCUT2D eigenvalue weighted by Crippen LogP contribution is -2.12. The lowest BCUT2D eigenvalue weighted by Gasteiger charge is -2.12. The second-order valence-corrected chi connectivity index (χ2v) is 5.26. The number of hydrogen-bond acceptors (Lipinski definition) is 3. The maximum Gasteiger partial charge on any atom is 0.248 e. The molecule has 0 aliphatic carbocycles. The fourth-order valence-electron chi connectivity index (χ4n) is 1.64. The molecule has 0 aromatic heterocycles. The van der Waals surface area contributed by atoms with Crippen LogP contribution in [-0.2, 0) is 0 Å². The van der Waals surface area contributed by atoms with Gasteiger partial charge in [0, 0.05) is 10.0 Å². The number of hydrogen-bond donors (Lipinski definition) is 2. The van der Waals surface area contributed by atoms with Crippen molar-refractivity contribution >= 4 is 39.0 Å². The van der Waals surface area contributed by atoms with Crippen LogP contribution in [-0.4, -0.2) is 10.9 Å². The van der Waals surface area contributed by atoms with Crippen molar-refractivity contribution in [2.24, 2.45) is 11.5 Å². The van der Waals surface area contributed by atoms with Crippen LogP contribution in [0, 0.1) is 0 Å². The van der Waals surface area contributed by atoms with Crippen molar-refractivity contribution in [1.29, 1.82) is 0 Å². The number of carbonyl (C=O) groups excluding carboxylic acids is 1. The van der Waals surface area contributed by atoms with E-state index in [0.29, 0.717) is 22.6 Å². The topological polar surface area (TPSA) is 78.3 Å². The van der Waals surface area contributed by atoms with E-state index in [0.717, 1.165) is 4.47 Å². The summed E-state index contributed by atoms with van der Waals surface area (Å²) in [6.45, 7) is 0. The summed E-state index contributed by atoms with van der Waals surface area (Å²) in [6, 6.07) is 11.9. The Bertz CT molecular complexity index is 671. The normalized spacial score (nSPS) is 10.1. The van der Waals surface area contributed by atoms with Gasteiger partial charge in [-0.2, -0.15) is 0 Å². The van der Waals surface area contributed by atoms with Gasteiger partial charge < -0.3 is 16.2 Å². The number of benzene rings is 2. The molecule has 4 N–H and O–H groups in total. The highest BCUT2D eigenvalue weighted by atomic mass is 79.9. The molecule has 0 saturated carbocycles. The molecule has 2 aromatic carbocycles. The van der Waals surface area contributed by atoms with Gasteiger partial charge in [0.15, 0.2) is 0 Å². The van der Waals surface area contributed by atoms with Gasteiger partial charge in [0.25, 0.3) is 0 Å². The van der Waals surface area contributed by atoms with Crippen LogP contribution in [0.25, 0.3) is 0 Å². The first kappa shape index (κ1) is 14.5. The standard InChI is InChI=1S/C14H11BrN2O2S/c15-10-2-1-3-11(12(10)14(17)20)19-9-6-4-8(5-7-9)13(16)18/h1-7H,(H2,16,18)(H2,17,20). The molecule has 0 radical (unpaired) electrons. The molecule has 0 atom stereocenters. The third-order valence-corrected chi connectivity index (χ3v) is 3.45. The average Bonchev–Trinajstić information content (AvgIpc) is 2.39. The summed E-state index contributed by atoms with van der Waals surface area (Å²) >= 11 is 8.40. The summed E-state index contributed by atoms with van der Waals surface area (Å²) in [4.78, 5) is 11.2. The molecule has 2 aromatic rings. The van der Waals surface area contributed by atoms with E-state index in [2.05, 4.69) is 15.9 Å². The number of primary amides is 1. The second kappa shape index (κ2) is 6.02. The van der Waals surface area contributed by atoms with Gasteiger partial charge in [-0.3, -0.25) is 4.79 Å². The van der Waals surface area contributed by atoms with Crippen LogP contribution >= 0.6 is 28.1 Å². The molecule has 0 unspecified atom stereocenters. The van der Waals surface area contributed by atoms with Crippen LogP contribution in [0.3, 0.4) is 0 Å². The number of carbonyl (C=O) groups is 1. The quantitative estimate of drug-likeness (QED) is 0.830. The van der Waals surface area contributed by atoms with Gasteiger partial charge in [0.1, 0.15) is 16.5 Å². The summed E-state index contributed by atoms with van der Waals surface area (Å²) < 4.78 is 6.50. The van der Waals surface area contributed by atoms with E-state index in [9.17, 15) is 4.79 Å². The van der Waals surface area contributed by atoms with Gasteiger partial charge in [-0.25, -0.2) is 0 Å². The fourth-order valence-corrected chi connectivity index (χ4v) is 2.55. The van der Waals surface area contributed by atoms with Crippen LogP contribution in [0.4, 0.5) is 0 Å². The first-order valence-corrected chi connectivity index (χ1v) is 6.85. The lowest BCUT2D eigenvalue weighted by molar-refractivity contribution is 0.100. The number of nitrogens with two attached hydrogens (primary N) is 2. The minimum atomic E-state index is -0.483. The van der Waals surface area contributed by atoms with Crippen molar-refractivity contribution in [2.45, 2.75) is 0 Å². The van der Waals surface area contributed by atoms with Crippen LogP contribution < -0.4 is 16.2 Å². The molecule has 0 spiro atoms. The first-order valence-electron chi connectivity index (χ1n) is 5.65. The average molecular weight is 351 g/mol. The largest absolute Gasteiger partial charge is 0.457 e. The van der Waals surface area contributed by atoms with E-state index in [4.69, 9.17) is 28.4 Å². The van der Waals surface area contributed by atoms with Crippen molar-refractivity contribution in [3.05, 3.63) is 58.1 Å². The summed E-state index contributed by atoms with van der Waals surface area (Å²) in [5, 5.41) is 0. The van der Waals surface area contributed by atoms with Gasteiger partial charge in [-0.15, -0.1) is 0 Å². The first-order chi connectivity index (χ1) is 9.49. The van der Waals surface area contributed by atoms with Crippen molar-refractivity contribution in [3.8, 4) is 11.5 Å². The molecule has 6 heteroatoms. The maximum atomic E-state index is 11.0. The zero-order chi connectivity index (χ0) is 14.7. The van der Waals surface area contributed by atoms with Gasteiger partial charge >= 0.3 is 0 Å². The van der Waals surface area contributed by atoms with Crippen LogP contribution in [0.1, 0.15) is 15.9 Å². The molecule has 0 bridgehead atoms. The Hall–Kier alpha value is -1.92. The summed E-state index contributed by atoms with van der Waals surface area (Å²) in [7, 11) is 0. The minimum Gasteiger partial charge on any atom is -0.457 e. The zero-order valence-corrected chi connectivity index (χ0v) is 12.7. The van der Waals surface area contributed by atoms with Crippen molar-refractivity contribution < 1.29 is 9.53 Å². The molecule has 0 heterocycles. The molecule has 0 aliphatic rings. The molecule has 0 aliphatic heterocycles. The molecular weight excluding hydrogens is 340 g/mol. The molecule has 0 fully saturated rings. The van der Waals surface area contributed by atoms with Crippen LogP contribution in [0.2, 0.25) is 0 Å². The Balaban J connectivity index is 2.33. The van der Waals surface area contributed by atoms with E-state index in [1.165, 1.54) is 0 Å². The monoisotopic (exact) mass is 350 g/mol. The Morgan fingerprint density at radius 1 is 1.10 bits per heavy atom. The van der Waals surface area contributed by atoms with E-state index >= 15 is 0 Å². The number of ether oxygens (including phenoxy) is 1. The van der Waals surface area contributed by atoms with Gasteiger partial charge in [-0.05, 0) is 52.3 Å². The van der Waals surface area contributed by atoms with Crippen molar-refractivity contribution in [2.75, 3.05) is 0 Å².